The van der Waals surface area contributed by atoms with Crippen molar-refractivity contribution in [3.05, 3.63) is 76.3 Å². The van der Waals surface area contributed by atoms with Crippen LogP contribution in [0.4, 0.5) is 0 Å². The van der Waals surface area contributed by atoms with Gasteiger partial charge in [0.25, 0.3) is 11.3 Å². The predicted octanol–water partition coefficient (Wildman–Crippen LogP) is 3.48. The number of rotatable bonds is 2. The van der Waals surface area contributed by atoms with E-state index < -0.39 is 0 Å². The summed E-state index contributed by atoms with van der Waals surface area (Å²) in [6.07, 6.45) is 3.34. The van der Waals surface area contributed by atoms with Gasteiger partial charge in [0.15, 0.2) is 17.3 Å². The summed E-state index contributed by atoms with van der Waals surface area (Å²) in [6, 6.07) is 13.5. The van der Waals surface area contributed by atoms with Gasteiger partial charge in [-0.1, -0.05) is 17.7 Å². The van der Waals surface area contributed by atoms with E-state index in [1.807, 2.05) is 50.2 Å². The Morgan fingerprint density at radius 2 is 1.81 bits per heavy atom. The minimum absolute atomic E-state index is 0.153. The fourth-order valence-electron chi connectivity index (χ4n) is 4.09. The Morgan fingerprint density at radius 1 is 0.969 bits per heavy atom. The second kappa shape index (κ2) is 6.91. The number of aryl methyl sites for hydroxylation is 2. The third-order valence-corrected chi connectivity index (χ3v) is 5.65. The molecule has 0 unspecified atom stereocenters. The molecular weight excluding hydrogens is 406 g/mol. The Bertz CT molecular complexity index is 1580. The smallest absolute Gasteiger partial charge is 0.266 e. The van der Waals surface area contributed by atoms with Crippen molar-refractivity contribution in [3.8, 4) is 28.6 Å². The van der Waals surface area contributed by atoms with Gasteiger partial charge in [0.1, 0.15) is 13.2 Å². The summed E-state index contributed by atoms with van der Waals surface area (Å²) < 4.78 is 14.5. The normalized spacial score (nSPS) is 13.1. The fraction of sp³-hybridized carbons (Fsp3) is 0.167. The van der Waals surface area contributed by atoms with Crippen LogP contribution in [0, 0.1) is 13.8 Å². The van der Waals surface area contributed by atoms with Gasteiger partial charge in [-0.25, -0.2) is 4.98 Å². The number of nitrogens with zero attached hydrogens (tertiary/aromatic N) is 5. The van der Waals surface area contributed by atoms with Crippen LogP contribution in [0.25, 0.3) is 33.8 Å². The molecule has 1 aliphatic rings. The fourth-order valence-corrected chi connectivity index (χ4v) is 4.09. The first kappa shape index (κ1) is 18.6. The second-order valence-electron chi connectivity index (χ2n) is 7.84. The highest BCUT2D eigenvalue weighted by molar-refractivity contribution is 5.79. The molecule has 5 aromatic rings. The molecule has 0 radical (unpaired) electrons. The Labute approximate surface area is 182 Å². The lowest BCUT2D eigenvalue weighted by molar-refractivity contribution is 0.171. The zero-order valence-electron chi connectivity index (χ0n) is 17.6. The lowest BCUT2D eigenvalue weighted by Gasteiger charge is -2.18. The first-order valence-electron chi connectivity index (χ1n) is 10.3. The molecule has 4 heterocycles. The van der Waals surface area contributed by atoms with Crippen LogP contribution >= 0.6 is 0 Å². The summed E-state index contributed by atoms with van der Waals surface area (Å²) in [5.74, 6) is 2.30. The van der Waals surface area contributed by atoms with Gasteiger partial charge in [0, 0.05) is 18.0 Å². The van der Waals surface area contributed by atoms with Crippen LogP contribution < -0.4 is 15.0 Å². The lowest BCUT2D eigenvalue weighted by Crippen LogP contribution is -2.19. The van der Waals surface area contributed by atoms with Crippen molar-refractivity contribution in [2.45, 2.75) is 13.8 Å². The molecule has 2 aromatic carbocycles. The summed E-state index contributed by atoms with van der Waals surface area (Å²) in [6.45, 7) is 5.07. The van der Waals surface area contributed by atoms with Gasteiger partial charge in [0.05, 0.1) is 16.6 Å². The van der Waals surface area contributed by atoms with Gasteiger partial charge in [-0.15, -0.1) is 5.10 Å². The Morgan fingerprint density at radius 3 is 2.66 bits per heavy atom. The molecule has 1 aliphatic heterocycles. The van der Waals surface area contributed by atoms with E-state index in [0.717, 1.165) is 22.4 Å². The van der Waals surface area contributed by atoms with Gasteiger partial charge in [-0.05, 0) is 49.7 Å². The van der Waals surface area contributed by atoms with Crippen LogP contribution in [0.1, 0.15) is 11.1 Å². The van der Waals surface area contributed by atoms with Crippen molar-refractivity contribution in [1.29, 1.82) is 0 Å². The van der Waals surface area contributed by atoms with Crippen LogP contribution in [0.5, 0.6) is 11.5 Å². The molecule has 0 spiro atoms. The standard InChI is InChI=1S/C24H19N5O3/c1-14-3-5-18(15(2)11-14)28-8-7-19-17(23(28)30)13-25-24-26-22(27-29(19)24)16-4-6-20-21(12-16)32-10-9-31-20/h3-8,11-13H,9-10H2,1-2H3. The van der Waals surface area contributed by atoms with E-state index in [0.29, 0.717) is 47.2 Å². The number of hydrogen-bond acceptors (Lipinski definition) is 6. The van der Waals surface area contributed by atoms with Gasteiger partial charge in [0.2, 0.25) is 0 Å². The van der Waals surface area contributed by atoms with Crippen molar-refractivity contribution in [2.24, 2.45) is 0 Å². The van der Waals surface area contributed by atoms with E-state index in [1.54, 1.807) is 21.5 Å². The molecule has 0 aliphatic carbocycles. The third-order valence-electron chi connectivity index (χ3n) is 5.65. The van der Waals surface area contributed by atoms with Crippen LogP contribution in [0.3, 0.4) is 0 Å². The van der Waals surface area contributed by atoms with Crippen molar-refractivity contribution in [2.75, 3.05) is 13.2 Å². The Hall–Kier alpha value is -4.20. The zero-order chi connectivity index (χ0) is 21.8. The number of ether oxygens (including phenoxy) is 2. The molecule has 8 heteroatoms. The van der Waals surface area contributed by atoms with Crippen molar-refractivity contribution < 1.29 is 9.47 Å². The quantitative estimate of drug-likeness (QED) is 0.431. The van der Waals surface area contributed by atoms with E-state index in [1.165, 1.54) is 0 Å². The highest BCUT2D eigenvalue weighted by atomic mass is 16.6. The summed E-state index contributed by atoms with van der Waals surface area (Å²) >= 11 is 0. The largest absolute Gasteiger partial charge is 0.486 e. The average Bonchev–Trinajstić information content (AvgIpc) is 3.24. The Kier molecular flexibility index (Phi) is 4.01. The minimum Gasteiger partial charge on any atom is -0.486 e. The summed E-state index contributed by atoms with van der Waals surface area (Å²) in [7, 11) is 0. The van der Waals surface area contributed by atoms with Crippen molar-refractivity contribution >= 4 is 16.7 Å². The molecule has 3 aromatic heterocycles. The number of pyridine rings is 1. The summed E-state index contributed by atoms with van der Waals surface area (Å²) in [4.78, 5) is 22.2. The number of fused-ring (bicyclic) bond motifs is 4. The van der Waals surface area contributed by atoms with Gasteiger partial charge in [-0.3, -0.25) is 9.36 Å². The molecule has 0 bridgehead atoms. The summed E-state index contributed by atoms with van der Waals surface area (Å²) in [5, 5.41) is 5.10. The van der Waals surface area contributed by atoms with Crippen molar-refractivity contribution in [3.63, 3.8) is 0 Å². The van der Waals surface area contributed by atoms with Gasteiger partial charge >= 0.3 is 0 Å². The van der Waals surface area contributed by atoms with Gasteiger partial charge < -0.3 is 9.47 Å². The van der Waals surface area contributed by atoms with Crippen LogP contribution in [-0.2, 0) is 0 Å². The molecule has 0 atom stereocenters. The average molecular weight is 425 g/mol. The maximum absolute atomic E-state index is 13.3. The van der Waals surface area contributed by atoms with E-state index in [-0.39, 0.29) is 5.56 Å². The van der Waals surface area contributed by atoms with Crippen LogP contribution in [0.15, 0.2) is 59.7 Å². The highest BCUT2D eigenvalue weighted by Gasteiger charge is 2.17. The number of aromatic nitrogens is 5. The predicted molar refractivity (Wildman–Crippen MR) is 120 cm³/mol. The monoisotopic (exact) mass is 425 g/mol. The molecule has 32 heavy (non-hydrogen) atoms. The molecule has 0 saturated heterocycles. The first-order chi connectivity index (χ1) is 15.6. The second-order valence-corrected chi connectivity index (χ2v) is 7.84. The Balaban J connectivity index is 1.50. The highest BCUT2D eigenvalue weighted by Crippen LogP contribution is 2.33. The minimum atomic E-state index is -0.153. The van der Waals surface area contributed by atoms with Crippen LogP contribution in [0.2, 0.25) is 0 Å². The zero-order valence-corrected chi connectivity index (χ0v) is 17.6. The van der Waals surface area contributed by atoms with E-state index in [4.69, 9.17) is 9.47 Å². The molecule has 0 N–H and O–H groups in total. The molecule has 0 amide bonds. The molecule has 6 rings (SSSR count). The summed E-state index contributed by atoms with van der Waals surface area (Å²) in [5.41, 5.74) is 4.31. The third kappa shape index (κ3) is 2.84. The SMILES string of the molecule is Cc1ccc(-n2ccc3c(cnc4nc(-c5ccc6c(c5)OCCO6)nn43)c2=O)c(C)c1. The molecule has 158 valence electrons. The molecule has 8 nitrogen and oxygen atoms in total. The van der Waals surface area contributed by atoms with E-state index in [2.05, 4.69) is 21.1 Å². The van der Waals surface area contributed by atoms with Crippen LogP contribution in [-0.4, -0.2) is 37.4 Å². The first-order valence-corrected chi connectivity index (χ1v) is 10.3. The lowest BCUT2D eigenvalue weighted by atomic mass is 10.1. The van der Waals surface area contributed by atoms with E-state index in [9.17, 15) is 4.79 Å². The maximum atomic E-state index is 13.3. The maximum Gasteiger partial charge on any atom is 0.266 e. The topological polar surface area (TPSA) is 83.5 Å². The van der Waals surface area contributed by atoms with Gasteiger partial charge in [-0.2, -0.15) is 9.50 Å². The van der Waals surface area contributed by atoms with Crippen molar-refractivity contribution in [1.82, 2.24) is 24.1 Å². The molecule has 0 saturated carbocycles. The number of hydrogen-bond donors (Lipinski definition) is 0. The van der Waals surface area contributed by atoms with E-state index >= 15 is 0 Å². The molecule has 0 fully saturated rings. The molecular formula is C24H19N5O3. The number of benzene rings is 2.